The molecule has 0 aliphatic heterocycles. The number of carbonyl (C=O) groups excluding carboxylic acids is 1. The van der Waals surface area contributed by atoms with E-state index in [-0.39, 0.29) is 24.6 Å². The Labute approximate surface area is 425 Å². The van der Waals surface area contributed by atoms with Gasteiger partial charge >= 0.3 is 0 Å². The molecule has 394 valence electrons. The molecule has 14 heteroatoms. The maximum atomic E-state index is 12.8. The van der Waals surface area contributed by atoms with Crippen molar-refractivity contribution in [3.05, 3.63) is 126 Å². The Balaban J connectivity index is 1.35. The number of amides is 1. The number of likely N-dealkylation sites (N-methyl/N-ethyl adjacent to an activating group) is 1. The number of aliphatic hydroxyl groups is 5. The lowest BCUT2D eigenvalue weighted by Gasteiger charge is -2.28. The summed E-state index contributed by atoms with van der Waals surface area (Å²) in [5, 5.41) is 48.9. The minimum atomic E-state index is -4.22. The van der Waals surface area contributed by atoms with Gasteiger partial charge in [-0.05, 0) is 122 Å². The van der Waals surface area contributed by atoms with Gasteiger partial charge in [-0.15, -0.1) is 0 Å². The molecule has 5 N–H and O–H groups in total. The lowest BCUT2D eigenvalue weighted by atomic mass is 9.83. The Hall–Kier alpha value is -4.15. The number of hydrogen-bond acceptors (Lipinski definition) is 10. The van der Waals surface area contributed by atoms with E-state index in [1.54, 1.807) is 0 Å². The van der Waals surface area contributed by atoms with Gasteiger partial charge in [0, 0.05) is 75.3 Å². The minimum absolute atomic E-state index is 0.189. The van der Waals surface area contributed by atoms with Gasteiger partial charge in [0.2, 0.25) is 5.91 Å². The van der Waals surface area contributed by atoms with Crippen molar-refractivity contribution in [3.8, 4) is 0 Å². The monoisotopic (exact) mass is 1000 g/mol. The first-order valence-corrected chi connectivity index (χ1v) is 28.2. The molecule has 0 saturated carbocycles. The van der Waals surface area contributed by atoms with E-state index in [4.69, 9.17) is 5.11 Å². The van der Waals surface area contributed by atoms with E-state index in [1.165, 1.54) is 66.3 Å². The maximum absolute atomic E-state index is 12.8. The Morgan fingerprint density at radius 1 is 0.577 bits per heavy atom. The van der Waals surface area contributed by atoms with Gasteiger partial charge in [-0.25, -0.2) is 17.6 Å². The van der Waals surface area contributed by atoms with Gasteiger partial charge in [-0.3, -0.25) is 9.78 Å². The molecular formula is C57H87N4O9S+. The molecule has 1 amide bonds. The van der Waals surface area contributed by atoms with Gasteiger partial charge in [0.05, 0.1) is 16.7 Å². The van der Waals surface area contributed by atoms with Crippen LogP contribution in [-0.2, 0) is 28.0 Å². The van der Waals surface area contributed by atoms with E-state index in [2.05, 4.69) is 103 Å². The van der Waals surface area contributed by atoms with Crippen LogP contribution in [0.4, 0.5) is 0 Å². The van der Waals surface area contributed by atoms with Crippen molar-refractivity contribution >= 4 is 16.0 Å². The number of carbonyl (C=O) groups is 1. The molecule has 71 heavy (non-hydrogen) atoms. The average Bonchev–Trinajstić information content (AvgIpc) is 3.37. The fourth-order valence-corrected chi connectivity index (χ4v) is 10.6. The number of rotatable bonds is 37. The van der Waals surface area contributed by atoms with Gasteiger partial charge in [0.1, 0.15) is 37.5 Å². The predicted molar refractivity (Wildman–Crippen MR) is 277 cm³/mol. The molecule has 4 rings (SSSR count). The van der Waals surface area contributed by atoms with Crippen LogP contribution < -0.4 is 9.13 Å². The first-order chi connectivity index (χ1) is 34.2. The van der Waals surface area contributed by atoms with Crippen molar-refractivity contribution in [3.63, 3.8) is 0 Å². The number of aryl methyl sites for hydroxylation is 2. The van der Waals surface area contributed by atoms with Crippen LogP contribution in [0.3, 0.4) is 0 Å². The number of benzene rings is 1. The van der Waals surface area contributed by atoms with Crippen LogP contribution in [0.15, 0.2) is 104 Å². The topological polar surface area (TPSA) is 199 Å². The lowest BCUT2D eigenvalue weighted by Crippen LogP contribution is -2.49. The number of hydrogen-bond donors (Lipinski definition) is 5. The van der Waals surface area contributed by atoms with Gasteiger partial charge in [0.15, 0.2) is 24.8 Å². The quantitative estimate of drug-likeness (QED) is 0.0168. The third-order valence-corrected chi connectivity index (χ3v) is 15.2. The lowest BCUT2D eigenvalue weighted by molar-refractivity contribution is -0.697. The van der Waals surface area contributed by atoms with E-state index in [9.17, 15) is 38.2 Å². The highest BCUT2D eigenvalue weighted by Gasteiger charge is 2.31. The van der Waals surface area contributed by atoms with Crippen molar-refractivity contribution in [1.82, 2.24) is 9.88 Å². The van der Waals surface area contributed by atoms with E-state index < -0.39 is 41.1 Å². The second-order valence-corrected chi connectivity index (χ2v) is 21.5. The third-order valence-electron chi connectivity index (χ3n) is 14.4. The van der Waals surface area contributed by atoms with E-state index >= 15 is 0 Å². The molecule has 0 spiro atoms. The number of aliphatic hydroxyl groups excluding tert-OH is 5. The third kappa shape index (κ3) is 22.2. The van der Waals surface area contributed by atoms with Gasteiger partial charge < -0.3 is 35.0 Å². The summed E-state index contributed by atoms with van der Waals surface area (Å²) in [6.07, 6.45) is 24.7. The molecule has 3 aromatic heterocycles. The van der Waals surface area contributed by atoms with Crippen LogP contribution in [0.2, 0.25) is 0 Å². The normalized spacial score (nSPS) is 15.3. The zero-order chi connectivity index (χ0) is 51.4. The van der Waals surface area contributed by atoms with Crippen LogP contribution in [0.5, 0.6) is 0 Å². The first-order valence-electron chi connectivity index (χ1n) is 26.7. The molecule has 0 saturated heterocycles. The van der Waals surface area contributed by atoms with Crippen molar-refractivity contribution in [1.29, 1.82) is 0 Å². The van der Waals surface area contributed by atoms with Crippen LogP contribution in [0.25, 0.3) is 0 Å². The summed E-state index contributed by atoms with van der Waals surface area (Å²) in [5.74, 6) is 1.41. The summed E-state index contributed by atoms with van der Waals surface area (Å²) in [7, 11) is -2.70. The standard InChI is InChI=1S/C57H87N4O9S/c1-4-17-45(47-19-8-6-9-20-47)23-14-25-48(50-28-34-58-35-29-50)21-11-12-22-49(26-15-24-46(18-5-2)51-30-40-61(41-31-51)37-16-42-71(68,69)70)52-32-38-60(39-33-52)36-13-7-10-27-55(65)59(3)43-53(63)56(66)57(67)54(64)44-62/h6,8-9,19-20,28-35,38-41,45-46,48-49,53-54,56-57,62-64,66-67H,4-5,7,10-18,21-27,36-37,42-44H2,1-3H3/q+1. The molecule has 4 aromatic rings. The van der Waals surface area contributed by atoms with Crippen molar-refractivity contribution in [2.45, 2.75) is 197 Å². The molecule has 0 radical (unpaired) electrons. The van der Waals surface area contributed by atoms with Crippen molar-refractivity contribution in [2.24, 2.45) is 0 Å². The number of pyridine rings is 3. The number of nitrogens with zero attached hydrogens (tertiary/aromatic N) is 4. The second-order valence-electron chi connectivity index (χ2n) is 19.9. The molecule has 1 aromatic carbocycles. The summed E-state index contributed by atoms with van der Waals surface area (Å²) >= 11 is 0. The molecular weight excluding hydrogens is 917 g/mol. The molecule has 8 unspecified atom stereocenters. The van der Waals surface area contributed by atoms with Crippen LogP contribution in [0, 0.1) is 0 Å². The van der Waals surface area contributed by atoms with Crippen LogP contribution in [0.1, 0.15) is 182 Å². The van der Waals surface area contributed by atoms with Crippen LogP contribution in [-0.4, -0.2) is 105 Å². The second kappa shape index (κ2) is 32.8. The van der Waals surface area contributed by atoms with E-state index in [0.717, 1.165) is 77.2 Å². The highest BCUT2D eigenvalue weighted by atomic mass is 32.2. The molecule has 0 aliphatic rings. The van der Waals surface area contributed by atoms with E-state index in [0.29, 0.717) is 43.1 Å². The Kier molecular flexibility index (Phi) is 27.5. The van der Waals surface area contributed by atoms with Gasteiger partial charge in [0.25, 0.3) is 0 Å². The van der Waals surface area contributed by atoms with Crippen molar-refractivity contribution in [2.75, 3.05) is 26.0 Å². The van der Waals surface area contributed by atoms with Crippen molar-refractivity contribution < 1.29 is 52.4 Å². The smallest absolute Gasteiger partial charge is 0.222 e. The summed E-state index contributed by atoms with van der Waals surface area (Å²) < 4.78 is 37.5. The molecule has 0 fully saturated rings. The fraction of sp³-hybridized carbons (Fsp3) is 0.614. The highest BCUT2D eigenvalue weighted by Crippen LogP contribution is 2.35. The SMILES string of the molecule is CCCC(CCCC(CCCCC(CCCC(CCC)c1cc[n+](CCCS(=O)(=O)[O-])cc1)c1cc[n+](CCCCCC(=O)N(C)CC(O)C(O)C(O)C(O)CO)cc1)c1ccncc1)c1ccccc1. The van der Waals surface area contributed by atoms with Gasteiger partial charge in [-0.2, -0.15) is 0 Å². The molecule has 13 nitrogen and oxygen atoms in total. The Bertz CT molecular complexity index is 2130. The average molecular weight is 1000 g/mol. The zero-order valence-electron chi connectivity index (χ0n) is 43.0. The fourth-order valence-electron chi connectivity index (χ4n) is 10.2. The summed E-state index contributed by atoms with van der Waals surface area (Å²) in [6, 6.07) is 24.3. The first kappa shape index (κ1) is 59.4. The minimum Gasteiger partial charge on any atom is -0.748 e. The molecule has 3 heterocycles. The summed E-state index contributed by atoms with van der Waals surface area (Å²) in [5.41, 5.74) is 5.51. The largest absolute Gasteiger partial charge is 0.748 e. The summed E-state index contributed by atoms with van der Waals surface area (Å²) in [4.78, 5) is 18.4. The molecule has 0 aliphatic carbocycles. The zero-order valence-corrected chi connectivity index (χ0v) is 43.8. The maximum Gasteiger partial charge on any atom is 0.222 e. The van der Waals surface area contributed by atoms with E-state index in [1.807, 2.05) is 29.4 Å². The van der Waals surface area contributed by atoms with Gasteiger partial charge in [-0.1, -0.05) is 82.7 Å². The molecule has 8 atom stereocenters. The number of unbranched alkanes of at least 4 members (excludes halogenated alkanes) is 3. The Morgan fingerprint density at radius 3 is 1.49 bits per heavy atom. The summed E-state index contributed by atoms with van der Waals surface area (Å²) in [6.45, 7) is 4.85. The molecule has 0 bridgehead atoms. The van der Waals surface area contributed by atoms with Crippen LogP contribution >= 0.6 is 0 Å². The Morgan fingerprint density at radius 2 is 1.01 bits per heavy atom. The number of aromatic nitrogens is 3. The predicted octanol–water partition coefficient (Wildman–Crippen LogP) is 7.98. The highest BCUT2D eigenvalue weighted by molar-refractivity contribution is 7.85.